The number of benzene rings is 2. The number of nitrogens with zero attached hydrogens (tertiary/aromatic N) is 6. The molecule has 0 saturated carbocycles. The molecule has 87 heavy (non-hydrogen) atoms. The van der Waals surface area contributed by atoms with E-state index in [4.69, 9.17) is 49.8 Å². The number of ketones is 2. The van der Waals surface area contributed by atoms with Crippen molar-refractivity contribution >= 4 is 76.0 Å². The number of fused-ring (bicyclic) bond motifs is 1. The molecule has 8 atom stereocenters. The van der Waals surface area contributed by atoms with E-state index in [0.717, 1.165) is 64.2 Å². The highest BCUT2D eigenvalue weighted by Crippen LogP contribution is 2.42. The molecular weight excluding hydrogens is 1200 g/mol. The van der Waals surface area contributed by atoms with Crippen LogP contribution in [-0.2, 0) is 44.9 Å². The van der Waals surface area contributed by atoms with Crippen molar-refractivity contribution in [2.75, 3.05) is 13.2 Å². The minimum Gasteiger partial charge on any atom is -0.459 e. The van der Waals surface area contributed by atoms with Gasteiger partial charge in [-0.1, -0.05) is 141 Å². The lowest BCUT2D eigenvalue weighted by atomic mass is 9.95. The summed E-state index contributed by atoms with van der Waals surface area (Å²) in [5.74, 6) is -0.0302. The van der Waals surface area contributed by atoms with Gasteiger partial charge < -0.3 is 52.7 Å². The summed E-state index contributed by atoms with van der Waals surface area (Å²) >= 11 is 5.20. The molecule has 2 aliphatic heterocycles. The largest absolute Gasteiger partial charge is 0.459 e. The van der Waals surface area contributed by atoms with Crippen LogP contribution < -0.4 is 16.1 Å². The van der Waals surface area contributed by atoms with E-state index in [2.05, 4.69) is 121 Å². The number of aliphatic hydroxyl groups is 5. The summed E-state index contributed by atoms with van der Waals surface area (Å²) in [7, 11) is -3.96. The molecule has 0 bridgehead atoms. The van der Waals surface area contributed by atoms with Crippen LogP contribution in [0.3, 0.4) is 0 Å². The first kappa shape index (κ1) is 76.2. The molecule has 2 unspecified atom stereocenters. The number of thiocarbonyl (C=S) groups is 1. The smallest absolute Gasteiger partial charge is 0.359 e. The number of nitriles is 2. The zero-order valence-corrected chi connectivity index (χ0v) is 59.4. The molecule has 0 amide bonds. The predicted molar refractivity (Wildman–Crippen MR) is 348 cm³/mol. The van der Waals surface area contributed by atoms with E-state index in [9.17, 15) is 44.9 Å². The molecule has 0 spiro atoms. The Balaban J connectivity index is 0.000000328. The van der Waals surface area contributed by atoms with Gasteiger partial charge in [-0.2, -0.15) is 20.5 Å². The second-order valence-corrected chi connectivity index (χ2v) is 42.1. The van der Waals surface area contributed by atoms with Crippen molar-refractivity contribution in [1.29, 1.82) is 10.5 Å². The lowest BCUT2D eigenvalue weighted by Crippen LogP contribution is -2.51. The third kappa shape index (κ3) is 20.8. The van der Waals surface area contributed by atoms with E-state index < -0.39 is 114 Å². The fourth-order valence-electron chi connectivity index (χ4n) is 10.9. The van der Waals surface area contributed by atoms with Gasteiger partial charge in [-0.25, -0.2) is 9.59 Å². The second-order valence-electron chi connectivity index (χ2n) is 25.2. The molecule has 482 valence electrons. The lowest BCUT2D eigenvalue weighted by Gasteiger charge is -2.32. The van der Waals surface area contributed by atoms with Gasteiger partial charge in [-0.05, 0) is 93.2 Å². The number of hydrogen-bond acceptors (Lipinski definition) is 20. The lowest BCUT2D eigenvalue weighted by molar-refractivity contribution is -0.117. The first-order valence-electron chi connectivity index (χ1n) is 29.9. The minimum absolute atomic E-state index is 0.0218. The zero-order chi connectivity index (χ0) is 66.0. The first-order chi connectivity index (χ1) is 40.6. The molecule has 2 aliphatic rings. The maximum absolute atomic E-state index is 12.7. The number of ether oxygens (including phenoxy) is 4. The molecule has 4 heterocycles. The molecule has 0 aliphatic carbocycles. The van der Waals surface area contributed by atoms with E-state index in [1.165, 1.54) is 44.4 Å². The third-order valence-electron chi connectivity index (χ3n) is 14.9. The maximum Gasteiger partial charge on any atom is 0.359 e. The topological polar surface area (TPSA) is 308 Å². The van der Waals surface area contributed by atoms with Gasteiger partial charge in [0.15, 0.2) is 48.6 Å². The zero-order valence-electron chi connectivity index (χ0n) is 54.0. The predicted octanol–water partition coefficient (Wildman–Crippen LogP) is 7.48. The number of Topliss-reactive ketones (excluding diaryl/α,β-unsaturated/α-hetero) is 2. The number of aromatic nitrogens is 4. The molecule has 2 saturated heterocycles. The molecule has 26 heteroatoms. The maximum atomic E-state index is 12.7. The summed E-state index contributed by atoms with van der Waals surface area (Å²) in [4.78, 5) is 54.6. The van der Waals surface area contributed by atoms with Crippen molar-refractivity contribution in [2.24, 2.45) is 0 Å². The van der Waals surface area contributed by atoms with Gasteiger partial charge in [0.05, 0.1) is 24.6 Å². The SMILES string of the molecule is CC(=O)Cc1ccn([C@@H]2O[C@H](CO)[C@@H](O)C2(C#N)OC(=S)Oc2ccc3ccccc3c2)c(=O)n1.CC(=O)Cc1ccn([C@@H]2O[C@H](CO)[C@@H](O)C2(O)C#N)c(=O)n1.CC(C)[SiH](O[SiH](C(C)C)C(C)C)C(C)C.CC(C)[SiH](O[SiH](C(C)C)C(C)C)C(C)C. The summed E-state index contributed by atoms with van der Waals surface area (Å²) in [6.45, 7) is 38.8. The molecule has 21 nitrogen and oxygen atoms in total. The van der Waals surface area contributed by atoms with Crippen LogP contribution in [0, 0.1) is 22.7 Å². The van der Waals surface area contributed by atoms with Crippen molar-refractivity contribution in [2.45, 2.75) is 230 Å². The summed E-state index contributed by atoms with van der Waals surface area (Å²) < 4.78 is 37.0. The Kier molecular flexibility index (Phi) is 30.5. The van der Waals surface area contributed by atoms with Gasteiger partial charge in [0, 0.05) is 37.5 Å². The molecule has 2 fully saturated rings. The van der Waals surface area contributed by atoms with Gasteiger partial charge in [-0.15, -0.1) is 0 Å². The summed E-state index contributed by atoms with van der Waals surface area (Å²) in [5.41, 5.74) is 0.346. The Morgan fingerprint density at radius 2 is 0.989 bits per heavy atom. The van der Waals surface area contributed by atoms with Crippen LogP contribution in [0.2, 0.25) is 44.3 Å². The van der Waals surface area contributed by atoms with E-state index in [1.807, 2.05) is 36.4 Å². The van der Waals surface area contributed by atoms with Crippen molar-refractivity contribution in [3.8, 4) is 17.9 Å². The van der Waals surface area contributed by atoms with E-state index in [1.54, 1.807) is 12.1 Å². The highest BCUT2D eigenvalue weighted by Gasteiger charge is 2.62. The Bertz CT molecular complexity index is 2980. The van der Waals surface area contributed by atoms with Crippen LogP contribution in [0.5, 0.6) is 5.75 Å². The van der Waals surface area contributed by atoms with Crippen LogP contribution in [0.1, 0.15) is 148 Å². The van der Waals surface area contributed by atoms with Crippen molar-refractivity contribution in [1.82, 2.24) is 19.1 Å². The van der Waals surface area contributed by atoms with Crippen LogP contribution in [0.4, 0.5) is 0 Å². The van der Waals surface area contributed by atoms with E-state index in [-0.39, 0.29) is 35.8 Å². The van der Waals surface area contributed by atoms with Gasteiger partial charge in [0.2, 0.25) is 5.60 Å². The Morgan fingerprint density at radius 3 is 1.34 bits per heavy atom. The third-order valence-corrected chi connectivity index (χ3v) is 30.6. The van der Waals surface area contributed by atoms with Gasteiger partial charge in [-0.3, -0.25) is 18.7 Å². The molecule has 4 aromatic rings. The average Bonchev–Trinajstić information content (AvgIpc) is 1.67. The quantitative estimate of drug-likeness (QED) is 0.0289. The van der Waals surface area contributed by atoms with Crippen LogP contribution in [-0.4, -0.2) is 146 Å². The normalized spacial score (nSPS) is 21.9. The standard InChI is InChI=1S/C24H21N3O7S.C13H15N3O6.2C12H30OSi2/c1-14(29)10-17-8-9-27(22(31)26-17)21-24(13-25,20(30)19(12-28)33-21)34-23(35)32-18-7-6-15-4-2-3-5-16(15)11-18;1-7(18)4-8-2-3-16(12(20)15-8)11-13(21,6-14)10(19)9(5-17)22-11;2*1-9(2)14(10(3)4)13-15(11(5)6)12(7)8/h2-9,11,19-21,28,30H,10,12H2,1H3;2-3,9-11,17,19,21H,4-5H2,1H3;2*9-12,14-15H,1-8H3/t19-,20-,21-,24?;9-,10-,11-,13?;;/m11../s1. The van der Waals surface area contributed by atoms with Crippen molar-refractivity contribution in [3.05, 3.63) is 99.3 Å². The van der Waals surface area contributed by atoms with E-state index in [0.29, 0.717) is 5.75 Å². The van der Waals surface area contributed by atoms with Gasteiger partial charge in [0.25, 0.3) is 5.60 Å². The van der Waals surface area contributed by atoms with Crippen LogP contribution in [0.25, 0.3) is 10.8 Å². The fraction of sp³-hybridized carbons (Fsp3) is 0.623. The number of carbonyl (C=O) groups is 2. The summed E-state index contributed by atoms with van der Waals surface area (Å²) in [6.07, 6.45) is -6.47. The van der Waals surface area contributed by atoms with Crippen LogP contribution in [0.15, 0.2) is 76.6 Å². The number of rotatable bonds is 22. The van der Waals surface area contributed by atoms with Crippen LogP contribution >= 0.6 is 12.2 Å². The highest BCUT2D eigenvalue weighted by molar-refractivity contribution is 7.79. The van der Waals surface area contributed by atoms with Gasteiger partial charge >= 0.3 is 16.6 Å². The van der Waals surface area contributed by atoms with Crippen molar-refractivity contribution < 1.29 is 62.3 Å². The van der Waals surface area contributed by atoms with Crippen molar-refractivity contribution in [3.63, 3.8) is 0 Å². The monoisotopic (exact) mass is 1300 g/mol. The Morgan fingerprint density at radius 1 is 0.609 bits per heavy atom. The minimum atomic E-state index is -2.40. The number of aliphatic hydroxyl groups excluding tert-OH is 4. The number of carbonyl (C=O) groups excluding carboxylic acids is 2. The van der Waals surface area contributed by atoms with E-state index >= 15 is 0 Å². The molecule has 2 aromatic carbocycles. The first-order valence-corrected chi connectivity index (χ1v) is 37.6. The Hall–Kier alpha value is -5.02. The van der Waals surface area contributed by atoms with Gasteiger partial charge in [0.1, 0.15) is 53.9 Å². The summed E-state index contributed by atoms with van der Waals surface area (Å²) in [5, 5.41) is 70.2. The number of hydrogen-bond donors (Lipinski definition) is 5. The fourth-order valence-corrected chi connectivity index (χ4v) is 30.2. The molecule has 2 aromatic heterocycles. The molecule has 0 radical (unpaired) electrons. The molecule has 6 rings (SSSR count). The second kappa shape index (κ2) is 34.8. The average molecular weight is 1300 g/mol. The molecule has 5 N–H and O–H groups in total. The Labute approximate surface area is 525 Å². The molecular formula is C61H96N6O15SSi4. The highest BCUT2D eigenvalue weighted by atomic mass is 32.1. The summed E-state index contributed by atoms with van der Waals surface area (Å²) in [6, 6.07) is 18.9.